The third kappa shape index (κ3) is 4.67. The number of piperazine rings is 1. The summed E-state index contributed by atoms with van der Waals surface area (Å²) < 4.78 is 37.9. The second kappa shape index (κ2) is 8.26. The number of thiazole rings is 1. The van der Waals surface area contributed by atoms with Gasteiger partial charge in [0, 0.05) is 38.1 Å². The Morgan fingerprint density at radius 3 is 2.62 bits per heavy atom. The van der Waals surface area contributed by atoms with Crippen molar-refractivity contribution < 1.29 is 13.2 Å². The van der Waals surface area contributed by atoms with Crippen molar-refractivity contribution in [1.82, 2.24) is 15.2 Å². The number of alkyl halides is 3. The van der Waals surface area contributed by atoms with Crippen LogP contribution in [0.2, 0.25) is 0 Å². The van der Waals surface area contributed by atoms with Gasteiger partial charge in [0.05, 0.1) is 11.5 Å². The average Bonchev–Trinajstić information content (AvgIpc) is 3.30. The lowest BCUT2D eigenvalue weighted by Crippen LogP contribution is -2.52. The molecule has 0 bridgehead atoms. The molecule has 10 heteroatoms. The quantitative estimate of drug-likeness (QED) is 0.627. The number of guanidine groups is 1. The molecule has 0 aliphatic carbocycles. The van der Waals surface area contributed by atoms with Crippen LogP contribution in [0, 0.1) is 0 Å². The Bertz CT molecular complexity index is 719. The van der Waals surface area contributed by atoms with Crippen LogP contribution in [0.5, 0.6) is 0 Å². The Morgan fingerprint density at radius 1 is 1.27 bits per heavy atom. The van der Waals surface area contributed by atoms with Gasteiger partial charge in [-0.05, 0) is 24.4 Å². The monoisotopic (exact) mass is 403 g/mol. The molecule has 0 saturated carbocycles. The lowest BCUT2D eigenvalue weighted by atomic mass is 10.3. The van der Waals surface area contributed by atoms with Gasteiger partial charge in [0.15, 0.2) is 11.7 Å². The van der Waals surface area contributed by atoms with Gasteiger partial charge in [0.2, 0.25) is 0 Å². The third-order valence-corrected chi connectivity index (χ3v) is 5.70. The van der Waals surface area contributed by atoms with E-state index in [0.29, 0.717) is 11.6 Å². The Labute approximate surface area is 158 Å². The van der Waals surface area contributed by atoms with Crippen molar-refractivity contribution in [2.45, 2.75) is 19.6 Å². The van der Waals surface area contributed by atoms with E-state index >= 15 is 0 Å². The number of rotatable bonds is 4. The summed E-state index contributed by atoms with van der Waals surface area (Å²) in [5, 5.41) is 7.95. The van der Waals surface area contributed by atoms with Crippen LogP contribution in [0.3, 0.4) is 0 Å². The third-order valence-electron chi connectivity index (χ3n) is 3.94. The molecule has 0 spiro atoms. The molecule has 0 unspecified atom stereocenters. The first kappa shape index (κ1) is 19.0. The maximum absolute atomic E-state index is 12.6. The van der Waals surface area contributed by atoms with Gasteiger partial charge in [-0.2, -0.15) is 13.2 Å². The van der Waals surface area contributed by atoms with E-state index in [9.17, 15) is 13.2 Å². The average molecular weight is 403 g/mol. The highest BCUT2D eigenvalue weighted by atomic mass is 32.1. The number of aliphatic imine (C=N–C) groups is 1. The summed E-state index contributed by atoms with van der Waals surface area (Å²) in [5.41, 5.74) is -0.845. The molecule has 0 aromatic carbocycles. The summed E-state index contributed by atoms with van der Waals surface area (Å²) >= 11 is 2.71. The number of thiophene rings is 1. The lowest BCUT2D eigenvalue weighted by Gasteiger charge is -2.37. The Balaban J connectivity index is 1.62. The van der Waals surface area contributed by atoms with Crippen molar-refractivity contribution >= 4 is 33.6 Å². The molecular formula is C16H20F3N5S2. The van der Waals surface area contributed by atoms with Crippen LogP contribution in [0.4, 0.5) is 18.2 Å². The standard InChI is InChI=1S/C16H20F3N5S2/c1-2-20-15(21-10-13-22-12(11-26-13)16(17,18)19)24-7-5-23(6-8-24)14-4-3-9-25-14/h3-4,9,11H,2,5-8,10H2,1H3,(H,20,21). The second-order valence-electron chi connectivity index (χ2n) is 5.72. The van der Waals surface area contributed by atoms with Crippen molar-refractivity contribution in [2.24, 2.45) is 4.99 Å². The van der Waals surface area contributed by atoms with Gasteiger partial charge >= 0.3 is 6.18 Å². The minimum atomic E-state index is -4.40. The van der Waals surface area contributed by atoms with Crippen LogP contribution in [0.15, 0.2) is 27.9 Å². The molecule has 1 fully saturated rings. The van der Waals surface area contributed by atoms with E-state index in [4.69, 9.17) is 0 Å². The second-order valence-corrected chi connectivity index (χ2v) is 7.59. The molecular weight excluding hydrogens is 383 g/mol. The SMILES string of the molecule is CCNC(=NCc1nc(C(F)(F)F)cs1)N1CCN(c2cccs2)CC1. The first-order valence-corrected chi connectivity index (χ1v) is 10.1. The van der Waals surface area contributed by atoms with Gasteiger partial charge in [-0.3, -0.25) is 0 Å². The van der Waals surface area contributed by atoms with E-state index < -0.39 is 11.9 Å². The fourth-order valence-corrected chi connectivity index (χ4v) is 4.18. The summed E-state index contributed by atoms with van der Waals surface area (Å²) in [5.74, 6) is 0.724. The number of nitrogens with zero attached hydrogens (tertiary/aromatic N) is 4. The summed E-state index contributed by atoms with van der Waals surface area (Å²) in [7, 11) is 0. The van der Waals surface area contributed by atoms with Crippen LogP contribution in [0.1, 0.15) is 17.6 Å². The molecule has 2 aromatic rings. The van der Waals surface area contributed by atoms with Gasteiger partial charge in [-0.25, -0.2) is 9.98 Å². The predicted octanol–water partition coefficient (Wildman–Crippen LogP) is 3.51. The van der Waals surface area contributed by atoms with E-state index in [2.05, 4.69) is 36.5 Å². The Hall–Kier alpha value is -1.81. The topological polar surface area (TPSA) is 43.8 Å². The predicted molar refractivity (Wildman–Crippen MR) is 100 cm³/mol. The maximum Gasteiger partial charge on any atom is 0.434 e. The molecule has 2 aromatic heterocycles. The molecule has 1 N–H and O–H groups in total. The van der Waals surface area contributed by atoms with E-state index in [0.717, 1.165) is 48.9 Å². The number of aromatic nitrogens is 1. The molecule has 1 aliphatic rings. The summed E-state index contributed by atoms with van der Waals surface area (Å²) in [6.07, 6.45) is -4.40. The van der Waals surface area contributed by atoms with Crippen LogP contribution >= 0.6 is 22.7 Å². The van der Waals surface area contributed by atoms with E-state index in [-0.39, 0.29) is 6.54 Å². The van der Waals surface area contributed by atoms with Gasteiger partial charge in [0.25, 0.3) is 0 Å². The van der Waals surface area contributed by atoms with Crippen LogP contribution in [0.25, 0.3) is 0 Å². The zero-order valence-corrected chi connectivity index (χ0v) is 15.9. The summed E-state index contributed by atoms with van der Waals surface area (Å²) in [6.45, 7) is 6.23. The number of nitrogens with one attached hydrogen (secondary N) is 1. The van der Waals surface area contributed by atoms with Crippen molar-refractivity contribution in [3.63, 3.8) is 0 Å². The number of anilines is 1. The van der Waals surface area contributed by atoms with Gasteiger partial charge in [-0.15, -0.1) is 22.7 Å². The van der Waals surface area contributed by atoms with Crippen molar-refractivity contribution in [3.8, 4) is 0 Å². The first-order valence-electron chi connectivity index (χ1n) is 8.30. The maximum atomic E-state index is 12.6. The lowest BCUT2D eigenvalue weighted by molar-refractivity contribution is -0.140. The Kier molecular flexibility index (Phi) is 6.02. The summed E-state index contributed by atoms with van der Waals surface area (Å²) in [4.78, 5) is 12.6. The van der Waals surface area contributed by atoms with Gasteiger partial charge in [-0.1, -0.05) is 0 Å². The number of hydrogen-bond acceptors (Lipinski definition) is 5. The van der Waals surface area contributed by atoms with E-state index in [1.54, 1.807) is 11.3 Å². The van der Waals surface area contributed by atoms with E-state index in [1.807, 2.05) is 13.0 Å². The first-order chi connectivity index (χ1) is 12.5. The van der Waals surface area contributed by atoms with E-state index in [1.165, 1.54) is 5.00 Å². The minimum Gasteiger partial charge on any atom is -0.360 e. The molecule has 1 saturated heterocycles. The number of hydrogen-bond donors (Lipinski definition) is 1. The largest absolute Gasteiger partial charge is 0.434 e. The Morgan fingerprint density at radius 2 is 2.04 bits per heavy atom. The van der Waals surface area contributed by atoms with Gasteiger partial charge in [0.1, 0.15) is 5.01 Å². The molecule has 0 radical (unpaired) electrons. The van der Waals surface area contributed by atoms with Crippen LogP contribution < -0.4 is 10.2 Å². The van der Waals surface area contributed by atoms with Crippen molar-refractivity contribution in [1.29, 1.82) is 0 Å². The van der Waals surface area contributed by atoms with Gasteiger partial charge < -0.3 is 15.1 Å². The highest BCUT2D eigenvalue weighted by molar-refractivity contribution is 7.14. The molecule has 0 amide bonds. The molecule has 5 nitrogen and oxygen atoms in total. The highest BCUT2D eigenvalue weighted by Gasteiger charge is 2.33. The van der Waals surface area contributed by atoms with Crippen LogP contribution in [-0.4, -0.2) is 48.6 Å². The van der Waals surface area contributed by atoms with Crippen LogP contribution in [-0.2, 0) is 12.7 Å². The molecule has 26 heavy (non-hydrogen) atoms. The number of halogens is 3. The van der Waals surface area contributed by atoms with Crippen molar-refractivity contribution in [2.75, 3.05) is 37.6 Å². The fourth-order valence-electron chi connectivity index (χ4n) is 2.67. The normalized spacial score (nSPS) is 16.2. The summed E-state index contributed by atoms with van der Waals surface area (Å²) in [6, 6.07) is 4.15. The molecule has 0 atom stereocenters. The molecule has 142 valence electrons. The highest BCUT2D eigenvalue weighted by Crippen LogP contribution is 2.30. The fraction of sp³-hybridized carbons (Fsp3) is 0.500. The minimum absolute atomic E-state index is 0.147. The van der Waals surface area contributed by atoms with Crippen molar-refractivity contribution in [3.05, 3.63) is 33.6 Å². The molecule has 1 aliphatic heterocycles. The smallest absolute Gasteiger partial charge is 0.360 e. The zero-order valence-electron chi connectivity index (χ0n) is 14.3. The molecule has 3 rings (SSSR count). The molecule has 3 heterocycles. The zero-order chi connectivity index (χ0) is 18.6.